The number of aromatic nitrogens is 1. The molecule has 0 radical (unpaired) electrons. The summed E-state index contributed by atoms with van der Waals surface area (Å²) in [6, 6.07) is 0. The fraction of sp³-hybridized carbons (Fsp3) is 0.750. The summed E-state index contributed by atoms with van der Waals surface area (Å²) >= 11 is 1.60. The van der Waals surface area contributed by atoms with E-state index in [1.54, 1.807) is 11.3 Å². The summed E-state index contributed by atoms with van der Waals surface area (Å²) < 4.78 is 5.68. The van der Waals surface area contributed by atoms with E-state index in [2.05, 4.69) is 10.3 Å². The number of anilines is 1. The number of hydrogen-bond acceptors (Lipinski definition) is 5. The molecule has 1 aromatic rings. The number of aryl methyl sites for hydroxylation is 2. The molecule has 2 unspecified atom stereocenters. The van der Waals surface area contributed by atoms with E-state index in [1.165, 1.54) is 17.7 Å². The monoisotopic (exact) mass is 323 g/mol. The lowest BCUT2D eigenvalue weighted by atomic mass is 9.54. The first-order valence-electron chi connectivity index (χ1n) is 8.09. The SMILES string of the molecule is CCOC1CC(N)(C(=O)Nc2nc3c(s2)CCCC3)C1(C)C. The molecule has 1 heterocycles. The molecular formula is C16H25N3O2S. The third-order valence-electron chi connectivity index (χ3n) is 5.30. The molecule has 3 rings (SSSR count). The van der Waals surface area contributed by atoms with Crippen molar-refractivity contribution in [3.8, 4) is 0 Å². The van der Waals surface area contributed by atoms with E-state index in [0.717, 1.165) is 18.5 Å². The topological polar surface area (TPSA) is 77.2 Å². The van der Waals surface area contributed by atoms with Crippen LogP contribution in [-0.4, -0.2) is 29.1 Å². The molecule has 5 nitrogen and oxygen atoms in total. The van der Waals surface area contributed by atoms with Gasteiger partial charge in [0.2, 0.25) is 5.91 Å². The Labute approximate surface area is 135 Å². The zero-order valence-electron chi connectivity index (χ0n) is 13.6. The molecule has 22 heavy (non-hydrogen) atoms. The van der Waals surface area contributed by atoms with Crippen molar-refractivity contribution in [1.29, 1.82) is 0 Å². The van der Waals surface area contributed by atoms with E-state index in [0.29, 0.717) is 18.2 Å². The second kappa shape index (κ2) is 5.58. The van der Waals surface area contributed by atoms with E-state index in [9.17, 15) is 4.79 Å². The molecule has 1 saturated carbocycles. The van der Waals surface area contributed by atoms with Crippen LogP contribution in [0.3, 0.4) is 0 Å². The Balaban J connectivity index is 1.71. The molecule has 0 aromatic carbocycles. The van der Waals surface area contributed by atoms with Crippen LogP contribution in [0, 0.1) is 5.41 Å². The molecule has 2 aliphatic rings. The largest absolute Gasteiger partial charge is 0.378 e. The molecule has 2 atom stereocenters. The van der Waals surface area contributed by atoms with Crippen LogP contribution in [-0.2, 0) is 22.4 Å². The number of carbonyl (C=O) groups excluding carboxylic acids is 1. The van der Waals surface area contributed by atoms with Crippen LogP contribution >= 0.6 is 11.3 Å². The Kier molecular flexibility index (Phi) is 4.03. The number of amides is 1. The number of nitrogens with two attached hydrogens (primary N) is 1. The lowest BCUT2D eigenvalue weighted by molar-refractivity contribution is -0.166. The number of carbonyl (C=O) groups is 1. The number of ether oxygens (including phenoxy) is 1. The zero-order valence-corrected chi connectivity index (χ0v) is 14.4. The Morgan fingerprint density at radius 2 is 2.18 bits per heavy atom. The van der Waals surface area contributed by atoms with Crippen LogP contribution in [0.15, 0.2) is 0 Å². The van der Waals surface area contributed by atoms with Crippen LogP contribution in [0.2, 0.25) is 0 Å². The van der Waals surface area contributed by atoms with E-state index in [-0.39, 0.29) is 17.4 Å². The highest BCUT2D eigenvalue weighted by molar-refractivity contribution is 7.15. The average Bonchev–Trinajstić information content (AvgIpc) is 2.88. The number of rotatable bonds is 4. The predicted octanol–water partition coefficient (Wildman–Crippen LogP) is 2.49. The number of hydrogen-bond donors (Lipinski definition) is 2. The lowest BCUT2D eigenvalue weighted by Crippen LogP contribution is -2.74. The molecule has 3 N–H and O–H groups in total. The normalized spacial score (nSPS) is 29.5. The molecule has 1 amide bonds. The first kappa shape index (κ1) is 15.9. The molecule has 122 valence electrons. The van der Waals surface area contributed by atoms with E-state index in [1.807, 2.05) is 20.8 Å². The summed E-state index contributed by atoms with van der Waals surface area (Å²) in [6.45, 7) is 6.62. The molecule has 1 fully saturated rings. The van der Waals surface area contributed by atoms with Crippen molar-refractivity contribution in [2.75, 3.05) is 11.9 Å². The van der Waals surface area contributed by atoms with Gasteiger partial charge >= 0.3 is 0 Å². The van der Waals surface area contributed by atoms with Gasteiger partial charge in [-0.05, 0) is 32.6 Å². The molecule has 0 aliphatic heterocycles. The Morgan fingerprint density at radius 3 is 2.82 bits per heavy atom. The number of nitrogens with zero attached hydrogens (tertiary/aromatic N) is 1. The maximum absolute atomic E-state index is 12.7. The van der Waals surface area contributed by atoms with Crippen molar-refractivity contribution in [3.63, 3.8) is 0 Å². The molecule has 6 heteroatoms. The van der Waals surface area contributed by atoms with Gasteiger partial charge in [0.1, 0.15) is 5.54 Å². The van der Waals surface area contributed by atoms with Crippen molar-refractivity contribution in [3.05, 3.63) is 10.6 Å². The Morgan fingerprint density at radius 1 is 1.45 bits per heavy atom. The molecule has 2 aliphatic carbocycles. The highest BCUT2D eigenvalue weighted by Gasteiger charge is 2.63. The van der Waals surface area contributed by atoms with E-state index >= 15 is 0 Å². The molecule has 1 aromatic heterocycles. The van der Waals surface area contributed by atoms with Crippen molar-refractivity contribution in [1.82, 2.24) is 4.98 Å². The standard InChI is InChI=1S/C16H25N3O2S/c1-4-21-12-9-16(17,15(12,2)3)13(20)19-14-18-10-7-5-6-8-11(10)22-14/h12H,4-9,17H2,1-3H3,(H,18,19,20). The third-order valence-corrected chi connectivity index (χ3v) is 6.37. The predicted molar refractivity (Wildman–Crippen MR) is 88.1 cm³/mol. The summed E-state index contributed by atoms with van der Waals surface area (Å²) in [5, 5.41) is 3.64. The smallest absolute Gasteiger partial charge is 0.246 e. The highest BCUT2D eigenvalue weighted by Crippen LogP contribution is 2.50. The van der Waals surface area contributed by atoms with Gasteiger partial charge in [0.15, 0.2) is 5.13 Å². The summed E-state index contributed by atoms with van der Waals surface area (Å²) in [6.07, 6.45) is 5.10. The number of thiazole rings is 1. The number of nitrogens with one attached hydrogen (secondary N) is 1. The summed E-state index contributed by atoms with van der Waals surface area (Å²) in [4.78, 5) is 18.5. The maximum Gasteiger partial charge on any atom is 0.246 e. The van der Waals surface area contributed by atoms with Crippen molar-refractivity contribution in [2.45, 2.75) is 64.5 Å². The average molecular weight is 323 g/mol. The minimum Gasteiger partial charge on any atom is -0.378 e. The van der Waals surface area contributed by atoms with Gasteiger partial charge in [-0.3, -0.25) is 4.79 Å². The van der Waals surface area contributed by atoms with Crippen LogP contribution in [0.4, 0.5) is 5.13 Å². The van der Waals surface area contributed by atoms with Crippen molar-refractivity contribution in [2.24, 2.45) is 11.1 Å². The quantitative estimate of drug-likeness (QED) is 0.892. The molecule has 0 bridgehead atoms. The second-order valence-electron chi connectivity index (χ2n) is 6.89. The van der Waals surface area contributed by atoms with Crippen LogP contribution < -0.4 is 11.1 Å². The van der Waals surface area contributed by atoms with Crippen molar-refractivity contribution >= 4 is 22.4 Å². The van der Waals surface area contributed by atoms with Gasteiger partial charge in [0.25, 0.3) is 0 Å². The Bertz CT molecular complexity index is 560. The van der Waals surface area contributed by atoms with Gasteiger partial charge in [-0.2, -0.15) is 0 Å². The van der Waals surface area contributed by atoms with Gasteiger partial charge in [0, 0.05) is 23.3 Å². The highest BCUT2D eigenvalue weighted by atomic mass is 32.1. The minimum atomic E-state index is -0.890. The fourth-order valence-corrected chi connectivity index (χ4v) is 4.48. The molecular weight excluding hydrogens is 298 g/mol. The van der Waals surface area contributed by atoms with Crippen LogP contribution in [0.25, 0.3) is 0 Å². The van der Waals surface area contributed by atoms with E-state index < -0.39 is 5.54 Å². The third kappa shape index (κ3) is 2.37. The summed E-state index contributed by atoms with van der Waals surface area (Å²) in [7, 11) is 0. The lowest BCUT2D eigenvalue weighted by Gasteiger charge is -2.57. The van der Waals surface area contributed by atoms with Gasteiger partial charge in [-0.15, -0.1) is 11.3 Å². The summed E-state index contributed by atoms with van der Waals surface area (Å²) in [5.41, 5.74) is 6.29. The number of fused-ring (bicyclic) bond motifs is 1. The summed E-state index contributed by atoms with van der Waals surface area (Å²) in [5.74, 6) is -0.139. The van der Waals surface area contributed by atoms with Gasteiger partial charge in [-0.25, -0.2) is 4.98 Å². The first-order chi connectivity index (χ1) is 10.4. The van der Waals surface area contributed by atoms with Crippen molar-refractivity contribution < 1.29 is 9.53 Å². The fourth-order valence-electron chi connectivity index (χ4n) is 3.43. The minimum absolute atomic E-state index is 0.0396. The van der Waals surface area contributed by atoms with Gasteiger partial charge < -0.3 is 15.8 Å². The molecule has 0 saturated heterocycles. The molecule has 0 spiro atoms. The second-order valence-corrected chi connectivity index (χ2v) is 7.97. The van der Waals surface area contributed by atoms with Crippen LogP contribution in [0.1, 0.15) is 50.6 Å². The zero-order chi connectivity index (χ0) is 16.0. The van der Waals surface area contributed by atoms with E-state index in [4.69, 9.17) is 10.5 Å². The maximum atomic E-state index is 12.7. The first-order valence-corrected chi connectivity index (χ1v) is 8.90. The van der Waals surface area contributed by atoms with Crippen LogP contribution in [0.5, 0.6) is 0 Å². The van der Waals surface area contributed by atoms with Gasteiger partial charge in [0.05, 0.1) is 11.8 Å². The Hall–Kier alpha value is -0.980. The van der Waals surface area contributed by atoms with Gasteiger partial charge in [-0.1, -0.05) is 13.8 Å².